The molecular formula is C26H39N3O3. The maximum atomic E-state index is 5.92. The molecular weight excluding hydrogens is 402 g/mol. The van der Waals surface area contributed by atoms with Crippen molar-refractivity contribution >= 4 is 5.96 Å². The molecule has 0 aliphatic carbocycles. The molecule has 0 bridgehead atoms. The summed E-state index contributed by atoms with van der Waals surface area (Å²) < 4.78 is 17.0. The van der Waals surface area contributed by atoms with Crippen LogP contribution in [0.15, 0.2) is 53.5 Å². The summed E-state index contributed by atoms with van der Waals surface area (Å²) in [4.78, 5) is 4.32. The van der Waals surface area contributed by atoms with Gasteiger partial charge in [-0.25, -0.2) is 0 Å². The number of rotatable bonds is 15. The van der Waals surface area contributed by atoms with Crippen molar-refractivity contribution in [3.8, 4) is 5.75 Å². The third kappa shape index (κ3) is 10.6. The molecule has 0 aromatic heterocycles. The van der Waals surface area contributed by atoms with Gasteiger partial charge >= 0.3 is 0 Å². The number of unbranched alkanes of at least 4 members (excludes halogenated alkanes) is 1. The topological polar surface area (TPSA) is 64.1 Å². The van der Waals surface area contributed by atoms with Crippen molar-refractivity contribution in [2.24, 2.45) is 4.99 Å². The molecule has 0 radical (unpaired) electrons. The third-order valence-corrected chi connectivity index (χ3v) is 4.97. The molecule has 0 fully saturated rings. The van der Waals surface area contributed by atoms with E-state index in [4.69, 9.17) is 14.2 Å². The Morgan fingerprint density at radius 3 is 2.53 bits per heavy atom. The molecule has 0 aliphatic heterocycles. The number of guanidine groups is 1. The van der Waals surface area contributed by atoms with Crippen LogP contribution in [0, 0.1) is 6.92 Å². The lowest BCUT2D eigenvalue weighted by molar-refractivity contribution is 0.110. The first-order valence-electron chi connectivity index (χ1n) is 11.6. The van der Waals surface area contributed by atoms with Crippen molar-refractivity contribution < 1.29 is 14.2 Å². The number of ether oxygens (including phenoxy) is 3. The van der Waals surface area contributed by atoms with Crippen molar-refractivity contribution in [1.29, 1.82) is 0 Å². The van der Waals surface area contributed by atoms with Gasteiger partial charge in [-0.05, 0) is 50.3 Å². The number of hydrogen-bond acceptors (Lipinski definition) is 4. The molecule has 6 heteroatoms. The lowest BCUT2D eigenvalue weighted by Gasteiger charge is -2.15. The fourth-order valence-corrected chi connectivity index (χ4v) is 3.17. The van der Waals surface area contributed by atoms with Gasteiger partial charge in [-0.1, -0.05) is 42.5 Å². The molecule has 32 heavy (non-hydrogen) atoms. The highest BCUT2D eigenvalue weighted by molar-refractivity contribution is 5.79. The van der Waals surface area contributed by atoms with Crippen LogP contribution in [0.1, 0.15) is 36.5 Å². The molecule has 6 nitrogen and oxygen atoms in total. The molecule has 0 spiro atoms. The first-order chi connectivity index (χ1) is 15.7. The Morgan fingerprint density at radius 2 is 1.75 bits per heavy atom. The molecule has 2 rings (SSSR count). The molecule has 0 unspecified atom stereocenters. The Kier molecular flexibility index (Phi) is 12.9. The van der Waals surface area contributed by atoms with Gasteiger partial charge in [-0.15, -0.1) is 0 Å². The fourth-order valence-electron chi connectivity index (χ4n) is 3.17. The largest absolute Gasteiger partial charge is 0.491 e. The van der Waals surface area contributed by atoms with Crippen molar-refractivity contribution in [2.45, 2.75) is 39.7 Å². The average Bonchev–Trinajstić information content (AvgIpc) is 2.82. The summed E-state index contributed by atoms with van der Waals surface area (Å²) >= 11 is 0. The van der Waals surface area contributed by atoms with E-state index in [0.29, 0.717) is 26.4 Å². The fraction of sp³-hybridized carbons (Fsp3) is 0.500. The molecule has 2 aromatic carbocycles. The van der Waals surface area contributed by atoms with Gasteiger partial charge in [-0.2, -0.15) is 0 Å². The minimum atomic E-state index is 0.546. The van der Waals surface area contributed by atoms with Gasteiger partial charge < -0.3 is 24.8 Å². The van der Waals surface area contributed by atoms with Crippen molar-refractivity contribution in [2.75, 3.05) is 46.6 Å². The van der Waals surface area contributed by atoms with E-state index in [2.05, 4.69) is 65.0 Å². The Morgan fingerprint density at radius 1 is 0.906 bits per heavy atom. The van der Waals surface area contributed by atoms with Crippen LogP contribution in [0.4, 0.5) is 0 Å². The summed E-state index contributed by atoms with van der Waals surface area (Å²) in [5.41, 5.74) is 3.59. The standard InChI is InChI=1S/C26H39N3O3/c1-4-30-18-19-32-25-20-22(2)12-13-24(25)21-29-26(27-3)28-15-8-9-16-31-17-14-23-10-6-5-7-11-23/h5-7,10-13,20H,4,8-9,14-19,21H2,1-3H3,(H2,27,28,29). The van der Waals surface area contributed by atoms with Gasteiger partial charge in [0.15, 0.2) is 5.96 Å². The van der Waals surface area contributed by atoms with E-state index >= 15 is 0 Å². The number of nitrogens with one attached hydrogen (secondary N) is 2. The highest BCUT2D eigenvalue weighted by Crippen LogP contribution is 2.20. The first kappa shape index (κ1) is 25.7. The first-order valence-corrected chi connectivity index (χ1v) is 11.6. The zero-order valence-corrected chi connectivity index (χ0v) is 19.9. The van der Waals surface area contributed by atoms with Crippen LogP contribution in [0.3, 0.4) is 0 Å². The molecule has 0 atom stereocenters. The predicted octanol–water partition coefficient (Wildman–Crippen LogP) is 4.11. The van der Waals surface area contributed by atoms with E-state index in [0.717, 1.165) is 56.3 Å². The third-order valence-electron chi connectivity index (χ3n) is 4.97. The van der Waals surface area contributed by atoms with E-state index in [-0.39, 0.29) is 0 Å². The summed E-state index contributed by atoms with van der Waals surface area (Å²) in [6.07, 6.45) is 3.02. The van der Waals surface area contributed by atoms with Crippen LogP contribution in [0.5, 0.6) is 5.75 Å². The molecule has 0 amide bonds. The minimum Gasteiger partial charge on any atom is -0.491 e. The van der Waals surface area contributed by atoms with Gasteiger partial charge in [0.2, 0.25) is 0 Å². The second-order valence-corrected chi connectivity index (χ2v) is 7.56. The normalized spacial score (nSPS) is 11.4. The molecule has 2 aromatic rings. The van der Waals surface area contributed by atoms with Crippen molar-refractivity contribution in [3.05, 3.63) is 65.2 Å². The van der Waals surface area contributed by atoms with E-state index < -0.39 is 0 Å². The quantitative estimate of drug-likeness (QED) is 0.247. The lowest BCUT2D eigenvalue weighted by Crippen LogP contribution is -2.37. The van der Waals surface area contributed by atoms with Crippen LogP contribution < -0.4 is 15.4 Å². The molecule has 0 saturated carbocycles. The van der Waals surface area contributed by atoms with Crippen LogP contribution in [0.2, 0.25) is 0 Å². The summed E-state index contributed by atoms with van der Waals surface area (Å²) in [5, 5.41) is 6.74. The van der Waals surface area contributed by atoms with Crippen LogP contribution in [0.25, 0.3) is 0 Å². The number of nitrogens with zero attached hydrogens (tertiary/aromatic N) is 1. The summed E-state index contributed by atoms with van der Waals surface area (Å²) in [7, 11) is 1.79. The number of aliphatic imine (C=N–C) groups is 1. The highest BCUT2D eigenvalue weighted by atomic mass is 16.5. The monoisotopic (exact) mass is 441 g/mol. The second-order valence-electron chi connectivity index (χ2n) is 7.56. The van der Waals surface area contributed by atoms with Crippen molar-refractivity contribution in [1.82, 2.24) is 10.6 Å². The maximum absolute atomic E-state index is 5.92. The highest BCUT2D eigenvalue weighted by Gasteiger charge is 2.06. The summed E-state index contributed by atoms with van der Waals surface area (Å²) in [6.45, 7) is 8.95. The van der Waals surface area contributed by atoms with E-state index in [1.807, 2.05) is 13.0 Å². The summed E-state index contributed by atoms with van der Waals surface area (Å²) in [6, 6.07) is 16.7. The molecule has 0 saturated heterocycles. The molecule has 2 N–H and O–H groups in total. The van der Waals surface area contributed by atoms with E-state index in [1.54, 1.807) is 7.05 Å². The van der Waals surface area contributed by atoms with Gasteiger partial charge in [0.25, 0.3) is 0 Å². The molecule has 0 heterocycles. The Balaban J connectivity index is 1.61. The molecule has 0 aliphatic rings. The van der Waals surface area contributed by atoms with Crippen LogP contribution >= 0.6 is 0 Å². The molecule has 176 valence electrons. The minimum absolute atomic E-state index is 0.546. The smallest absolute Gasteiger partial charge is 0.191 e. The number of hydrogen-bond donors (Lipinski definition) is 2. The van der Waals surface area contributed by atoms with E-state index in [1.165, 1.54) is 11.1 Å². The SMILES string of the molecule is CCOCCOc1cc(C)ccc1CNC(=NC)NCCCCOCCc1ccccc1. The van der Waals surface area contributed by atoms with Gasteiger partial charge in [0, 0.05) is 38.9 Å². The van der Waals surface area contributed by atoms with Gasteiger partial charge in [0.05, 0.1) is 13.2 Å². The predicted molar refractivity (Wildman–Crippen MR) is 132 cm³/mol. The van der Waals surface area contributed by atoms with Crippen LogP contribution in [-0.4, -0.2) is 52.6 Å². The zero-order chi connectivity index (χ0) is 22.9. The number of aryl methyl sites for hydroxylation is 1. The number of benzene rings is 2. The van der Waals surface area contributed by atoms with E-state index in [9.17, 15) is 0 Å². The van der Waals surface area contributed by atoms with Crippen LogP contribution in [-0.2, 0) is 22.4 Å². The Hall–Kier alpha value is -2.57. The van der Waals surface area contributed by atoms with Crippen molar-refractivity contribution in [3.63, 3.8) is 0 Å². The van der Waals surface area contributed by atoms with Gasteiger partial charge in [0.1, 0.15) is 12.4 Å². The Bertz CT molecular complexity index is 781. The average molecular weight is 442 g/mol. The van der Waals surface area contributed by atoms with Gasteiger partial charge in [-0.3, -0.25) is 4.99 Å². The Labute approximate surface area is 193 Å². The maximum Gasteiger partial charge on any atom is 0.191 e. The lowest BCUT2D eigenvalue weighted by atomic mass is 10.1. The zero-order valence-electron chi connectivity index (χ0n) is 19.9. The second kappa shape index (κ2) is 16.1. The summed E-state index contributed by atoms with van der Waals surface area (Å²) in [5.74, 6) is 1.68.